The zero-order chi connectivity index (χ0) is 14.2. The van der Waals surface area contributed by atoms with Crippen molar-refractivity contribution in [2.24, 2.45) is 7.05 Å². The van der Waals surface area contributed by atoms with Gasteiger partial charge in [-0.25, -0.2) is 0 Å². The molecule has 3 aromatic rings. The Morgan fingerprint density at radius 2 is 2.38 bits per heavy atom. The van der Waals surface area contributed by atoms with Gasteiger partial charge in [-0.2, -0.15) is 10.1 Å². The quantitative estimate of drug-likeness (QED) is 0.744. The average Bonchev–Trinajstić information content (AvgIpc) is 3.26. The molecule has 7 heteroatoms. The normalized spacial score (nSPS) is 18.4. The number of ether oxygens (including phenoxy) is 1. The number of rotatable bonds is 3. The summed E-state index contributed by atoms with van der Waals surface area (Å²) in [7, 11) is 1.92. The number of hydrogen-bond acceptors (Lipinski definition) is 6. The molecule has 0 unspecified atom stereocenters. The summed E-state index contributed by atoms with van der Waals surface area (Å²) in [5.74, 6) is 1.42. The van der Waals surface area contributed by atoms with Crippen molar-refractivity contribution in [3.8, 4) is 22.2 Å². The Kier molecular flexibility index (Phi) is 3.08. The fourth-order valence-electron chi connectivity index (χ4n) is 2.47. The summed E-state index contributed by atoms with van der Waals surface area (Å²) in [6, 6.07) is 6.08. The maximum atomic E-state index is 5.36. The average molecular weight is 302 g/mol. The van der Waals surface area contributed by atoms with Gasteiger partial charge < -0.3 is 9.26 Å². The van der Waals surface area contributed by atoms with E-state index in [4.69, 9.17) is 9.26 Å². The molecule has 0 saturated carbocycles. The zero-order valence-corrected chi connectivity index (χ0v) is 12.3. The second-order valence-electron chi connectivity index (χ2n) is 5.03. The molecule has 0 radical (unpaired) electrons. The van der Waals surface area contributed by atoms with Gasteiger partial charge in [0.25, 0.3) is 5.89 Å². The van der Waals surface area contributed by atoms with E-state index in [0.29, 0.717) is 24.0 Å². The van der Waals surface area contributed by atoms with E-state index in [1.165, 1.54) is 4.88 Å². The minimum Gasteiger partial charge on any atom is -0.381 e. The van der Waals surface area contributed by atoms with Crippen molar-refractivity contribution in [3.63, 3.8) is 0 Å². The van der Waals surface area contributed by atoms with E-state index in [1.807, 2.05) is 29.2 Å². The van der Waals surface area contributed by atoms with Gasteiger partial charge in [-0.3, -0.25) is 4.68 Å². The minimum atomic E-state index is 0.239. The van der Waals surface area contributed by atoms with Crippen molar-refractivity contribution < 1.29 is 9.26 Å². The van der Waals surface area contributed by atoms with Crippen LogP contribution in [-0.4, -0.2) is 33.1 Å². The van der Waals surface area contributed by atoms with Crippen LogP contribution >= 0.6 is 11.3 Å². The number of thiophene rings is 1. The monoisotopic (exact) mass is 302 g/mol. The number of nitrogens with zero attached hydrogens (tertiary/aromatic N) is 4. The molecule has 0 bridgehead atoms. The molecular formula is C14H14N4O2S. The van der Waals surface area contributed by atoms with Crippen molar-refractivity contribution in [2.75, 3.05) is 13.2 Å². The van der Waals surface area contributed by atoms with Crippen molar-refractivity contribution >= 4 is 11.3 Å². The maximum Gasteiger partial charge on any atom is 0.278 e. The molecule has 3 aromatic heterocycles. The highest BCUT2D eigenvalue weighted by atomic mass is 32.1. The van der Waals surface area contributed by atoms with E-state index in [0.717, 1.165) is 18.7 Å². The molecule has 4 rings (SSSR count). The highest BCUT2D eigenvalue weighted by Crippen LogP contribution is 2.29. The molecule has 0 spiro atoms. The molecule has 1 aliphatic heterocycles. The second-order valence-corrected chi connectivity index (χ2v) is 5.98. The molecule has 0 aliphatic carbocycles. The number of aromatic nitrogens is 4. The first-order valence-corrected chi connectivity index (χ1v) is 7.69. The lowest BCUT2D eigenvalue weighted by molar-refractivity contribution is 0.192. The Bertz CT molecular complexity index is 741. The third-order valence-electron chi connectivity index (χ3n) is 3.61. The van der Waals surface area contributed by atoms with Gasteiger partial charge in [-0.05, 0) is 23.9 Å². The van der Waals surface area contributed by atoms with E-state index in [1.54, 1.807) is 11.3 Å². The Morgan fingerprint density at radius 1 is 1.43 bits per heavy atom. The van der Waals surface area contributed by atoms with Gasteiger partial charge in [0.1, 0.15) is 0 Å². The molecule has 4 heterocycles. The summed E-state index contributed by atoms with van der Waals surface area (Å²) >= 11 is 1.68. The standard InChI is InChI=1S/C14H14N4O2S/c1-18-11(12-3-2-6-21-12)7-10(16-18)14-15-13(17-20-14)9-4-5-19-8-9/h2-3,6-7,9H,4-5,8H2,1H3/t9-/m0/s1. The van der Waals surface area contributed by atoms with Gasteiger partial charge in [-0.15, -0.1) is 11.3 Å². The van der Waals surface area contributed by atoms with Gasteiger partial charge in [-0.1, -0.05) is 11.2 Å². The Morgan fingerprint density at radius 3 is 3.14 bits per heavy atom. The van der Waals surface area contributed by atoms with Gasteiger partial charge in [0.2, 0.25) is 0 Å². The zero-order valence-electron chi connectivity index (χ0n) is 11.5. The molecular weight excluding hydrogens is 288 g/mol. The lowest BCUT2D eigenvalue weighted by Gasteiger charge is -1.97. The summed E-state index contributed by atoms with van der Waals surface area (Å²) < 4.78 is 12.6. The summed E-state index contributed by atoms with van der Waals surface area (Å²) in [6.45, 7) is 1.43. The lowest BCUT2D eigenvalue weighted by Crippen LogP contribution is -1.99. The van der Waals surface area contributed by atoms with Gasteiger partial charge >= 0.3 is 0 Å². The first kappa shape index (κ1) is 12.7. The summed E-state index contributed by atoms with van der Waals surface area (Å²) in [5, 5.41) is 10.6. The fraction of sp³-hybridized carbons (Fsp3) is 0.357. The third-order valence-corrected chi connectivity index (χ3v) is 4.50. The fourth-order valence-corrected chi connectivity index (χ4v) is 3.24. The van der Waals surface area contributed by atoms with Crippen LogP contribution in [0.5, 0.6) is 0 Å². The van der Waals surface area contributed by atoms with Crippen LogP contribution in [0.25, 0.3) is 22.2 Å². The van der Waals surface area contributed by atoms with Crippen molar-refractivity contribution in [1.29, 1.82) is 0 Å². The molecule has 0 aromatic carbocycles. The first-order chi connectivity index (χ1) is 10.3. The van der Waals surface area contributed by atoms with Crippen molar-refractivity contribution in [3.05, 3.63) is 29.4 Å². The molecule has 1 fully saturated rings. The molecule has 0 N–H and O–H groups in total. The topological polar surface area (TPSA) is 66.0 Å². The number of aryl methyl sites for hydroxylation is 1. The van der Waals surface area contributed by atoms with Crippen LogP contribution in [0.4, 0.5) is 0 Å². The minimum absolute atomic E-state index is 0.239. The second kappa shape index (κ2) is 5.09. The van der Waals surface area contributed by atoms with Crippen LogP contribution in [0.3, 0.4) is 0 Å². The van der Waals surface area contributed by atoms with E-state index < -0.39 is 0 Å². The lowest BCUT2D eigenvalue weighted by atomic mass is 10.1. The van der Waals surface area contributed by atoms with Gasteiger partial charge in [0.15, 0.2) is 11.5 Å². The highest BCUT2D eigenvalue weighted by Gasteiger charge is 2.24. The van der Waals surface area contributed by atoms with Crippen molar-refractivity contribution in [2.45, 2.75) is 12.3 Å². The summed E-state index contributed by atoms with van der Waals surface area (Å²) in [6.07, 6.45) is 0.946. The Labute approximate surface area is 125 Å². The predicted octanol–water partition coefficient (Wildman–Crippen LogP) is 2.70. The van der Waals surface area contributed by atoms with E-state index >= 15 is 0 Å². The van der Waals surface area contributed by atoms with Crippen LogP contribution in [0.15, 0.2) is 28.1 Å². The molecule has 1 aliphatic rings. The molecule has 1 atom stereocenters. The predicted molar refractivity (Wildman–Crippen MR) is 78.0 cm³/mol. The van der Waals surface area contributed by atoms with E-state index in [9.17, 15) is 0 Å². The molecule has 6 nitrogen and oxygen atoms in total. The Balaban J connectivity index is 1.66. The Hall–Kier alpha value is -1.99. The van der Waals surface area contributed by atoms with Crippen molar-refractivity contribution in [1.82, 2.24) is 19.9 Å². The van der Waals surface area contributed by atoms with Gasteiger partial charge in [0.05, 0.1) is 17.2 Å². The van der Waals surface area contributed by atoms with E-state index in [-0.39, 0.29) is 5.92 Å². The molecule has 1 saturated heterocycles. The maximum absolute atomic E-state index is 5.36. The highest BCUT2D eigenvalue weighted by molar-refractivity contribution is 7.13. The third kappa shape index (κ3) is 2.28. The summed E-state index contributed by atoms with van der Waals surface area (Å²) in [5.41, 5.74) is 1.75. The molecule has 108 valence electrons. The van der Waals surface area contributed by atoms with Gasteiger partial charge in [0, 0.05) is 19.6 Å². The van der Waals surface area contributed by atoms with Crippen LogP contribution < -0.4 is 0 Å². The molecule has 21 heavy (non-hydrogen) atoms. The smallest absolute Gasteiger partial charge is 0.278 e. The first-order valence-electron chi connectivity index (χ1n) is 6.81. The largest absolute Gasteiger partial charge is 0.381 e. The van der Waals surface area contributed by atoms with E-state index in [2.05, 4.69) is 21.3 Å². The number of hydrogen-bond donors (Lipinski definition) is 0. The van der Waals surface area contributed by atoms with Crippen LogP contribution in [0.2, 0.25) is 0 Å². The van der Waals surface area contributed by atoms with Crippen LogP contribution in [-0.2, 0) is 11.8 Å². The van der Waals surface area contributed by atoms with Crippen LogP contribution in [0, 0.1) is 0 Å². The summed E-state index contributed by atoms with van der Waals surface area (Å²) in [4.78, 5) is 5.63. The van der Waals surface area contributed by atoms with Crippen LogP contribution in [0.1, 0.15) is 18.2 Å². The molecule has 0 amide bonds. The SMILES string of the molecule is Cn1nc(-c2nc([C@H]3CCOC3)no2)cc1-c1cccs1.